The predicted molar refractivity (Wildman–Crippen MR) is 55.3 cm³/mol. The van der Waals surface area contributed by atoms with Crippen molar-refractivity contribution < 1.29 is 14.2 Å². The Bertz CT molecular complexity index is 333. The molecule has 0 amide bonds. The quantitative estimate of drug-likeness (QED) is 0.879. The van der Waals surface area contributed by atoms with Crippen LogP contribution in [0.3, 0.4) is 0 Å². The molecule has 0 radical (unpaired) electrons. The first-order chi connectivity index (χ1) is 6.61. The van der Waals surface area contributed by atoms with Crippen LogP contribution in [0, 0.1) is 0 Å². The van der Waals surface area contributed by atoms with E-state index in [0.29, 0.717) is 10.0 Å². The molecule has 1 aromatic rings. The zero-order chi connectivity index (χ0) is 10.7. The summed E-state index contributed by atoms with van der Waals surface area (Å²) in [6.07, 6.45) is 0. The molecule has 0 heterocycles. The van der Waals surface area contributed by atoms with Crippen molar-refractivity contribution >= 4 is 15.9 Å². The van der Waals surface area contributed by atoms with E-state index < -0.39 is 12.7 Å². The Balaban J connectivity index is 3.25. The monoisotopic (exact) mass is 263 g/mol. The zero-order valence-electron chi connectivity index (χ0n) is 7.63. The molecular formula is C9H11BrFNO2. The molecule has 0 aliphatic carbocycles. The molecule has 3 nitrogen and oxygen atoms in total. The van der Waals surface area contributed by atoms with Crippen LogP contribution in [0.5, 0.6) is 11.5 Å². The molecule has 1 aromatic carbocycles. The predicted octanol–water partition coefficient (Wildman–Crippen LogP) is 2.13. The number of rotatable bonds is 3. The lowest BCUT2D eigenvalue weighted by Crippen LogP contribution is -2.13. The maximum Gasteiger partial charge on any atom is 0.163 e. The number of phenolic OH excluding ortho intramolecular Hbond substituents is 1. The van der Waals surface area contributed by atoms with Gasteiger partial charge in [0.2, 0.25) is 0 Å². The fourth-order valence-corrected chi connectivity index (χ4v) is 1.77. The van der Waals surface area contributed by atoms with Crippen molar-refractivity contribution in [3.8, 4) is 11.5 Å². The first kappa shape index (κ1) is 11.3. The molecule has 0 spiro atoms. The van der Waals surface area contributed by atoms with E-state index in [-0.39, 0.29) is 11.5 Å². The van der Waals surface area contributed by atoms with E-state index >= 15 is 0 Å². The van der Waals surface area contributed by atoms with Gasteiger partial charge in [-0.25, -0.2) is 4.39 Å². The maximum absolute atomic E-state index is 12.4. The number of ether oxygens (including phenoxy) is 1. The van der Waals surface area contributed by atoms with Crippen LogP contribution >= 0.6 is 15.9 Å². The molecule has 0 aliphatic heterocycles. The van der Waals surface area contributed by atoms with Gasteiger partial charge in [-0.05, 0) is 12.1 Å². The van der Waals surface area contributed by atoms with Gasteiger partial charge in [-0.3, -0.25) is 0 Å². The Labute approximate surface area is 89.8 Å². The van der Waals surface area contributed by atoms with Gasteiger partial charge in [0.05, 0.1) is 13.2 Å². The van der Waals surface area contributed by atoms with Crippen LogP contribution in [0.1, 0.15) is 11.6 Å². The van der Waals surface area contributed by atoms with Gasteiger partial charge in [0.25, 0.3) is 0 Å². The second-order valence-corrected chi connectivity index (χ2v) is 3.63. The Hall–Kier alpha value is -0.810. The molecule has 0 bridgehead atoms. The number of hydrogen-bond donors (Lipinski definition) is 2. The SMILES string of the molecule is COc1ccc(Br)c([C@@H](N)CF)c1O. The lowest BCUT2D eigenvalue weighted by atomic mass is 10.1. The highest BCUT2D eigenvalue weighted by Crippen LogP contribution is 2.38. The fourth-order valence-electron chi connectivity index (χ4n) is 1.16. The van der Waals surface area contributed by atoms with Crippen molar-refractivity contribution in [2.24, 2.45) is 5.73 Å². The van der Waals surface area contributed by atoms with Gasteiger partial charge < -0.3 is 15.6 Å². The van der Waals surface area contributed by atoms with E-state index in [0.717, 1.165) is 0 Å². The molecule has 5 heteroatoms. The van der Waals surface area contributed by atoms with E-state index in [1.54, 1.807) is 12.1 Å². The van der Waals surface area contributed by atoms with E-state index in [4.69, 9.17) is 10.5 Å². The smallest absolute Gasteiger partial charge is 0.163 e. The number of halogens is 2. The van der Waals surface area contributed by atoms with Crippen LogP contribution in [0.2, 0.25) is 0 Å². The van der Waals surface area contributed by atoms with Crippen molar-refractivity contribution in [3.05, 3.63) is 22.2 Å². The van der Waals surface area contributed by atoms with Gasteiger partial charge in [-0.1, -0.05) is 15.9 Å². The van der Waals surface area contributed by atoms with Crippen LogP contribution < -0.4 is 10.5 Å². The molecule has 0 saturated heterocycles. The molecule has 78 valence electrons. The maximum atomic E-state index is 12.4. The molecule has 0 saturated carbocycles. The Morgan fingerprint density at radius 2 is 2.29 bits per heavy atom. The number of phenols is 1. The lowest BCUT2D eigenvalue weighted by molar-refractivity contribution is 0.362. The summed E-state index contributed by atoms with van der Waals surface area (Å²) in [6, 6.07) is 2.39. The molecule has 0 fully saturated rings. The largest absolute Gasteiger partial charge is 0.504 e. The molecule has 1 rings (SSSR count). The molecular weight excluding hydrogens is 253 g/mol. The minimum absolute atomic E-state index is 0.118. The minimum atomic E-state index is -0.848. The lowest BCUT2D eigenvalue weighted by Gasteiger charge is -2.14. The average Bonchev–Trinajstić information content (AvgIpc) is 2.18. The summed E-state index contributed by atoms with van der Waals surface area (Å²) in [4.78, 5) is 0. The van der Waals surface area contributed by atoms with Crippen LogP contribution in [0.25, 0.3) is 0 Å². The van der Waals surface area contributed by atoms with Crippen molar-refractivity contribution in [3.63, 3.8) is 0 Å². The number of alkyl halides is 1. The highest BCUT2D eigenvalue weighted by molar-refractivity contribution is 9.10. The summed E-state index contributed by atoms with van der Waals surface area (Å²) < 4.78 is 17.8. The molecule has 0 aliphatic rings. The van der Waals surface area contributed by atoms with Crippen molar-refractivity contribution in [1.82, 2.24) is 0 Å². The first-order valence-corrected chi connectivity index (χ1v) is 4.78. The number of benzene rings is 1. The van der Waals surface area contributed by atoms with E-state index in [1.165, 1.54) is 7.11 Å². The van der Waals surface area contributed by atoms with Crippen molar-refractivity contribution in [1.29, 1.82) is 0 Å². The fraction of sp³-hybridized carbons (Fsp3) is 0.333. The van der Waals surface area contributed by atoms with E-state index in [1.807, 2.05) is 0 Å². The van der Waals surface area contributed by atoms with Gasteiger partial charge >= 0.3 is 0 Å². The average molecular weight is 264 g/mol. The number of hydrogen-bond acceptors (Lipinski definition) is 3. The highest BCUT2D eigenvalue weighted by Gasteiger charge is 2.17. The summed E-state index contributed by atoms with van der Waals surface area (Å²) in [6.45, 7) is -0.737. The third kappa shape index (κ3) is 1.99. The number of methoxy groups -OCH3 is 1. The van der Waals surface area contributed by atoms with Gasteiger partial charge in [0, 0.05) is 10.0 Å². The van der Waals surface area contributed by atoms with Crippen LogP contribution in [0.15, 0.2) is 16.6 Å². The normalized spacial score (nSPS) is 12.6. The zero-order valence-corrected chi connectivity index (χ0v) is 9.21. The van der Waals surface area contributed by atoms with Crippen LogP contribution in [-0.2, 0) is 0 Å². The Kier molecular flexibility index (Phi) is 3.71. The molecule has 0 aromatic heterocycles. The topological polar surface area (TPSA) is 55.5 Å². The summed E-state index contributed by atoms with van der Waals surface area (Å²) in [7, 11) is 1.42. The Morgan fingerprint density at radius 1 is 1.64 bits per heavy atom. The molecule has 14 heavy (non-hydrogen) atoms. The molecule has 1 atom stereocenters. The van der Waals surface area contributed by atoms with Crippen molar-refractivity contribution in [2.75, 3.05) is 13.8 Å². The van der Waals surface area contributed by atoms with Crippen LogP contribution in [0.4, 0.5) is 4.39 Å². The number of nitrogens with two attached hydrogens (primary N) is 1. The first-order valence-electron chi connectivity index (χ1n) is 3.98. The second kappa shape index (κ2) is 4.61. The van der Waals surface area contributed by atoms with Gasteiger partial charge in [-0.15, -0.1) is 0 Å². The third-order valence-corrected chi connectivity index (χ3v) is 2.58. The van der Waals surface area contributed by atoms with Crippen molar-refractivity contribution in [2.45, 2.75) is 6.04 Å². The third-order valence-electron chi connectivity index (χ3n) is 1.88. The summed E-state index contributed by atoms with van der Waals surface area (Å²) >= 11 is 3.19. The Morgan fingerprint density at radius 3 is 2.79 bits per heavy atom. The number of aromatic hydroxyl groups is 1. The minimum Gasteiger partial charge on any atom is -0.504 e. The summed E-state index contributed by atoms with van der Waals surface area (Å²) in [5, 5.41) is 9.67. The second-order valence-electron chi connectivity index (χ2n) is 2.77. The summed E-state index contributed by atoms with van der Waals surface area (Å²) in [5.41, 5.74) is 5.82. The van der Waals surface area contributed by atoms with Gasteiger partial charge in [0.1, 0.15) is 6.67 Å². The van der Waals surface area contributed by atoms with Gasteiger partial charge in [0.15, 0.2) is 11.5 Å². The van der Waals surface area contributed by atoms with Crippen LogP contribution in [-0.4, -0.2) is 18.9 Å². The molecule has 3 N–H and O–H groups in total. The van der Waals surface area contributed by atoms with E-state index in [2.05, 4.69) is 15.9 Å². The highest BCUT2D eigenvalue weighted by atomic mass is 79.9. The van der Waals surface area contributed by atoms with Gasteiger partial charge in [-0.2, -0.15) is 0 Å². The standard InChI is InChI=1S/C9H11BrFNO2/c1-14-7-3-2-5(10)8(9(7)13)6(12)4-11/h2-3,6,13H,4,12H2,1H3/t6-/m0/s1. The molecule has 0 unspecified atom stereocenters. The summed E-state index contributed by atoms with van der Waals surface area (Å²) in [5.74, 6) is 0.166. The van der Waals surface area contributed by atoms with E-state index in [9.17, 15) is 9.50 Å².